The van der Waals surface area contributed by atoms with E-state index in [0.29, 0.717) is 19.4 Å². The molecule has 0 saturated heterocycles. The van der Waals surface area contributed by atoms with Gasteiger partial charge in [-0.15, -0.1) is 0 Å². The molecule has 0 aromatic heterocycles. The summed E-state index contributed by atoms with van der Waals surface area (Å²) in [4.78, 5) is 10.6. The van der Waals surface area contributed by atoms with E-state index in [9.17, 15) is 13.6 Å². The van der Waals surface area contributed by atoms with Gasteiger partial charge in [0.15, 0.2) is 0 Å². The lowest BCUT2D eigenvalue weighted by molar-refractivity contribution is -0.141. The predicted octanol–water partition coefficient (Wildman–Crippen LogP) is 3.29. The van der Waals surface area contributed by atoms with Crippen molar-refractivity contribution < 1.29 is 18.7 Å². The molecule has 1 saturated carbocycles. The highest BCUT2D eigenvalue weighted by Gasteiger charge is 2.39. The number of hydrogen-bond donors (Lipinski definition) is 2. The summed E-state index contributed by atoms with van der Waals surface area (Å²) in [5.74, 6) is -3.45. The summed E-state index contributed by atoms with van der Waals surface area (Å²) in [6.07, 6.45) is 3.03. The molecule has 3 unspecified atom stereocenters. The van der Waals surface area contributed by atoms with E-state index in [1.54, 1.807) is 6.92 Å². The molecule has 112 valence electrons. The van der Waals surface area contributed by atoms with Crippen molar-refractivity contribution in [1.82, 2.24) is 5.32 Å². The lowest BCUT2D eigenvalue weighted by Crippen LogP contribution is -2.31. The first-order valence-corrected chi connectivity index (χ1v) is 7.14. The zero-order valence-corrected chi connectivity index (χ0v) is 11.8. The van der Waals surface area contributed by atoms with Crippen LogP contribution in [0.25, 0.3) is 0 Å². The van der Waals surface area contributed by atoms with Crippen LogP contribution in [0.15, 0.2) is 0 Å². The molecule has 19 heavy (non-hydrogen) atoms. The molecule has 0 aliphatic heterocycles. The van der Waals surface area contributed by atoms with Crippen molar-refractivity contribution in [2.45, 2.75) is 64.3 Å². The lowest BCUT2D eigenvalue weighted by atomic mass is 10.0. The highest BCUT2D eigenvalue weighted by atomic mass is 19.3. The van der Waals surface area contributed by atoms with Crippen molar-refractivity contribution in [2.75, 3.05) is 6.54 Å². The zero-order valence-electron chi connectivity index (χ0n) is 11.8. The average Bonchev–Trinajstić information content (AvgIpc) is 2.66. The third-order valence-corrected chi connectivity index (χ3v) is 3.96. The van der Waals surface area contributed by atoms with E-state index >= 15 is 0 Å². The molecule has 0 amide bonds. The maximum absolute atomic E-state index is 13.0. The summed E-state index contributed by atoms with van der Waals surface area (Å²) in [6.45, 7) is 4.38. The first-order chi connectivity index (χ1) is 8.80. The Kier molecular flexibility index (Phi) is 6.17. The minimum atomic E-state index is -2.47. The Morgan fingerprint density at radius 3 is 2.63 bits per heavy atom. The Morgan fingerprint density at radius 1 is 1.42 bits per heavy atom. The molecule has 0 heterocycles. The van der Waals surface area contributed by atoms with E-state index in [4.69, 9.17) is 5.11 Å². The molecule has 0 bridgehead atoms. The molecule has 3 nitrogen and oxygen atoms in total. The molecule has 0 aromatic carbocycles. The van der Waals surface area contributed by atoms with Gasteiger partial charge in [-0.1, -0.05) is 13.3 Å². The van der Waals surface area contributed by atoms with Crippen LogP contribution in [0.5, 0.6) is 0 Å². The van der Waals surface area contributed by atoms with Crippen molar-refractivity contribution >= 4 is 5.97 Å². The summed E-state index contributed by atoms with van der Waals surface area (Å²) < 4.78 is 26.0. The standard InChI is InChI=1S/C14H25F2NO2/c1-10(13(18)19)4-3-5-11(2)17-9-12-6-7-14(15,16)8-12/h10-12,17H,3-9H2,1-2H3,(H,18,19). The molecular weight excluding hydrogens is 252 g/mol. The van der Waals surface area contributed by atoms with Crippen LogP contribution in [-0.2, 0) is 4.79 Å². The minimum Gasteiger partial charge on any atom is -0.481 e. The van der Waals surface area contributed by atoms with E-state index in [1.165, 1.54) is 0 Å². The van der Waals surface area contributed by atoms with Gasteiger partial charge in [0, 0.05) is 18.9 Å². The number of carbonyl (C=O) groups is 1. The fourth-order valence-corrected chi connectivity index (χ4v) is 2.54. The number of halogens is 2. The third kappa shape index (κ3) is 6.32. The van der Waals surface area contributed by atoms with E-state index in [2.05, 4.69) is 5.32 Å². The van der Waals surface area contributed by atoms with Gasteiger partial charge in [-0.05, 0) is 38.6 Å². The Hall–Kier alpha value is -0.710. The topological polar surface area (TPSA) is 49.3 Å². The molecule has 2 N–H and O–H groups in total. The quantitative estimate of drug-likeness (QED) is 0.715. The molecule has 5 heteroatoms. The van der Waals surface area contributed by atoms with Gasteiger partial charge >= 0.3 is 5.97 Å². The molecule has 0 aromatic rings. The summed E-state index contributed by atoms with van der Waals surface area (Å²) in [7, 11) is 0. The Labute approximate surface area is 113 Å². The molecule has 0 radical (unpaired) electrons. The van der Waals surface area contributed by atoms with Crippen LogP contribution < -0.4 is 5.32 Å². The summed E-state index contributed by atoms with van der Waals surface area (Å²) >= 11 is 0. The van der Waals surface area contributed by atoms with E-state index in [1.807, 2.05) is 6.92 Å². The number of rotatable bonds is 8. The van der Waals surface area contributed by atoms with Crippen LogP contribution >= 0.6 is 0 Å². The fraction of sp³-hybridized carbons (Fsp3) is 0.929. The smallest absolute Gasteiger partial charge is 0.306 e. The van der Waals surface area contributed by atoms with Crippen LogP contribution in [0.1, 0.15) is 52.4 Å². The van der Waals surface area contributed by atoms with E-state index in [0.717, 1.165) is 12.8 Å². The van der Waals surface area contributed by atoms with Gasteiger partial charge < -0.3 is 10.4 Å². The summed E-state index contributed by atoms with van der Waals surface area (Å²) in [6, 6.07) is 0.259. The van der Waals surface area contributed by atoms with E-state index in [-0.39, 0.29) is 30.7 Å². The van der Waals surface area contributed by atoms with Gasteiger partial charge in [0.25, 0.3) is 0 Å². The number of aliphatic carboxylic acids is 1. The van der Waals surface area contributed by atoms with E-state index < -0.39 is 11.9 Å². The Bertz CT molecular complexity index is 297. The van der Waals surface area contributed by atoms with Crippen molar-refractivity contribution in [3.8, 4) is 0 Å². The maximum Gasteiger partial charge on any atom is 0.306 e. The Morgan fingerprint density at radius 2 is 2.11 bits per heavy atom. The third-order valence-electron chi connectivity index (χ3n) is 3.96. The maximum atomic E-state index is 13.0. The highest BCUT2D eigenvalue weighted by Crippen LogP contribution is 2.38. The summed E-state index contributed by atoms with van der Waals surface area (Å²) in [5, 5.41) is 12.0. The molecule has 1 aliphatic carbocycles. The van der Waals surface area contributed by atoms with Crippen molar-refractivity contribution in [3.63, 3.8) is 0 Å². The minimum absolute atomic E-state index is 0.00275. The average molecular weight is 277 g/mol. The van der Waals surface area contributed by atoms with Crippen LogP contribution in [0.3, 0.4) is 0 Å². The van der Waals surface area contributed by atoms with Gasteiger partial charge in [0.1, 0.15) is 0 Å². The van der Waals surface area contributed by atoms with Crippen LogP contribution in [0, 0.1) is 11.8 Å². The van der Waals surface area contributed by atoms with Crippen LogP contribution in [-0.4, -0.2) is 29.6 Å². The Balaban J connectivity index is 2.08. The van der Waals surface area contributed by atoms with Gasteiger partial charge in [-0.25, -0.2) is 8.78 Å². The SMILES string of the molecule is CC(CCCC(C)C(=O)O)NCC1CCC(F)(F)C1. The number of carboxylic acids is 1. The zero-order chi connectivity index (χ0) is 14.5. The molecule has 1 rings (SSSR count). The van der Waals surface area contributed by atoms with Crippen LogP contribution in [0.2, 0.25) is 0 Å². The monoisotopic (exact) mass is 277 g/mol. The second-order valence-electron chi connectivity index (χ2n) is 5.94. The number of nitrogens with one attached hydrogen (secondary N) is 1. The first-order valence-electron chi connectivity index (χ1n) is 7.14. The first kappa shape index (κ1) is 16.3. The normalized spacial score (nSPS) is 25.2. The largest absolute Gasteiger partial charge is 0.481 e. The van der Waals surface area contributed by atoms with Gasteiger partial charge in [0.2, 0.25) is 5.92 Å². The van der Waals surface area contributed by atoms with Gasteiger partial charge in [-0.3, -0.25) is 4.79 Å². The van der Waals surface area contributed by atoms with Crippen LogP contribution in [0.4, 0.5) is 8.78 Å². The number of alkyl halides is 2. The molecule has 1 aliphatic rings. The van der Waals surface area contributed by atoms with Crippen molar-refractivity contribution in [3.05, 3.63) is 0 Å². The summed E-state index contributed by atoms with van der Waals surface area (Å²) in [5.41, 5.74) is 0. The molecule has 3 atom stereocenters. The highest BCUT2D eigenvalue weighted by molar-refractivity contribution is 5.69. The van der Waals surface area contributed by atoms with Gasteiger partial charge in [-0.2, -0.15) is 0 Å². The number of carboxylic acid groups (broad SMARTS) is 1. The van der Waals surface area contributed by atoms with Crippen molar-refractivity contribution in [1.29, 1.82) is 0 Å². The second kappa shape index (κ2) is 7.17. The molecule has 0 spiro atoms. The molecule has 1 fully saturated rings. The second-order valence-corrected chi connectivity index (χ2v) is 5.94. The molecular formula is C14H25F2NO2. The van der Waals surface area contributed by atoms with Crippen molar-refractivity contribution in [2.24, 2.45) is 11.8 Å². The lowest BCUT2D eigenvalue weighted by Gasteiger charge is -2.17. The fourth-order valence-electron chi connectivity index (χ4n) is 2.54. The predicted molar refractivity (Wildman–Crippen MR) is 70.4 cm³/mol. The number of hydrogen-bond acceptors (Lipinski definition) is 2. The van der Waals surface area contributed by atoms with Gasteiger partial charge in [0.05, 0.1) is 5.92 Å².